The number of carboxylic acid groups (broad SMARTS) is 1. The first-order valence-electron chi connectivity index (χ1n) is 7.65. The second kappa shape index (κ2) is 4.55. The Balaban J connectivity index is 1.57. The molecular weight excluding hydrogens is 288 g/mol. The number of imidazole rings is 1. The molecule has 0 amide bonds. The summed E-state index contributed by atoms with van der Waals surface area (Å²) in [7, 11) is 0. The van der Waals surface area contributed by atoms with Crippen molar-refractivity contribution in [3.63, 3.8) is 0 Å². The summed E-state index contributed by atoms with van der Waals surface area (Å²) in [4.78, 5) is 29.7. The summed E-state index contributed by atoms with van der Waals surface area (Å²) in [5, 5.41) is 19.3. The van der Waals surface area contributed by atoms with Crippen LogP contribution in [0, 0.1) is 17.8 Å². The first-order chi connectivity index (χ1) is 10.5. The van der Waals surface area contributed by atoms with Crippen molar-refractivity contribution in [2.75, 3.05) is 0 Å². The topological polar surface area (TPSA) is 113 Å². The van der Waals surface area contributed by atoms with E-state index in [0.29, 0.717) is 18.8 Å². The Labute approximate surface area is 126 Å². The Morgan fingerprint density at radius 1 is 1.27 bits per heavy atom. The maximum absolute atomic E-state index is 12.4. The maximum atomic E-state index is 12.4. The van der Waals surface area contributed by atoms with Crippen molar-refractivity contribution in [2.45, 2.75) is 43.8 Å². The molecule has 4 fully saturated rings. The molecule has 2 atom stereocenters. The number of carbonyl (C=O) groups is 2. The SMILES string of the molecule is O=C(O)c1nc[nH]c1C(=O)OC12CC3CC(C1)C(O)C(C3)C2. The van der Waals surface area contributed by atoms with Crippen molar-refractivity contribution >= 4 is 11.9 Å². The number of aromatic carboxylic acids is 1. The highest BCUT2D eigenvalue weighted by Crippen LogP contribution is 2.57. The van der Waals surface area contributed by atoms with Gasteiger partial charge in [-0.25, -0.2) is 14.6 Å². The minimum atomic E-state index is -1.26. The molecule has 4 aliphatic carbocycles. The van der Waals surface area contributed by atoms with Crippen LogP contribution in [-0.4, -0.2) is 43.8 Å². The highest BCUT2D eigenvalue weighted by atomic mass is 16.6. The Morgan fingerprint density at radius 2 is 1.95 bits per heavy atom. The van der Waals surface area contributed by atoms with Crippen LogP contribution < -0.4 is 0 Å². The van der Waals surface area contributed by atoms with Gasteiger partial charge in [-0.3, -0.25) is 0 Å². The normalized spacial score (nSPS) is 39.0. The second-order valence-corrected chi connectivity index (χ2v) is 6.96. The summed E-state index contributed by atoms with van der Waals surface area (Å²) in [6.45, 7) is 0. The van der Waals surface area contributed by atoms with E-state index in [9.17, 15) is 14.7 Å². The lowest BCUT2D eigenvalue weighted by molar-refractivity contribution is -0.177. The third-order valence-corrected chi connectivity index (χ3v) is 5.52. The van der Waals surface area contributed by atoms with Crippen molar-refractivity contribution < 1.29 is 24.5 Å². The number of ether oxygens (including phenoxy) is 1. The van der Waals surface area contributed by atoms with Crippen molar-refractivity contribution in [3.8, 4) is 0 Å². The molecule has 0 spiro atoms. The minimum Gasteiger partial charge on any atom is -0.476 e. The number of aromatic amines is 1. The number of aliphatic hydroxyl groups excluding tert-OH is 1. The van der Waals surface area contributed by atoms with E-state index in [2.05, 4.69) is 9.97 Å². The molecule has 5 rings (SSSR count). The number of nitrogens with one attached hydrogen (secondary N) is 1. The fourth-order valence-electron chi connectivity index (χ4n) is 4.91. The molecule has 118 valence electrons. The number of H-pyrrole nitrogens is 1. The average molecular weight is 306 g/mol. The van der Waals surface area contributed by atoms with E-state index in [1.807, 2.05) is 0 Å². The molecule has 7 heteroatoms. The van der Waals surface area contributed by atoms with E-state index in [0.717, 1.165) is 19.3 Å². The molecule has 0 aliphatic heterocycles. The van der Waals surface area contributed by atoms with Gasteiger partial charge in [0.25, 0.3) is 0 Å². The summed E-state index contributed by atoms with van der Waals surface area (Å²) in [5.74, 6) is -1.03. The van der Waals surface area contributed by atoms with Crippen LogP contribution in [0.1, 0.15) is 53.1 Å². The summed E-state index contributed by atoms with van der Waals surface area (Å²) in [6, 6.07) is 0. The number of hydrogen-bond donors (Lipinski definition) is 3. The van der Waals surface area contributed by atoms with Crippen molar-refractivity contribution in [2.24, 2.45) is 17.8 Å². The number of carboxylic acids is 1. The van der Waals surface area contributed by atoms with Crippen LogP contribution in [0.2, 0.25) is 0 Å². The molecular formula is C15H18N2O5. The van der Waals surface area contributed by atoms with E-state index in [-0.39, 0.29) is 29.3 Å². The van der Waals surface area contributed by atoms with Gasteiger partial charge in [0.2, 0.25) is 0 Å². The molecule has 1 aromatic heterocycles. The predicted molar refractivity (Wildman–Crippen MR) is 73.3 cm³/mol. The van der Waals surface area contributed by atoms with Crippen molar-refractivity contribution in [1.82, 2.24) is 9.97 Å². The van der Waals surface area contributed by atoms with E-state index in [1.165, 1.54) is 6.33 Å². The van der Waals surface area contributed by atoms with Crippen LogP contribution in [0.3, 0.4) is 0 Å². The highest BCUT2D eigenvalue weighted by Gasteiger charge is 2.57. The zero-order chi connectivity index (χ0) is 15.5. The summed E-state index contributed by atoms with van der Waals surface area (Å²) in [6.07, 6.45) is 5.05. The fourth-order valence-corrected chi connectivity index (χ4v) is 4.91. The number of carbonyl (C=O) groups excluding carboxylic acids is 1. The molecule has 4 saturated carbocycles. The largest absolute Gasteiger partial charge is 0.476 e. The molecule has 0 saturated heterocycles. The number of rotatable bonds is 3. The van der Waals surface area contributed by atoms with Gasteiger partial charge in [-0.05, 0) is 49.9 Å². The van der Waals surface area contributed by atoms with Gasteiger partial charge in [-0.2, -0.15) is 0 Å². The van der Waals surface area contributed by atoms with Crippen LogP contribution >= 0.6 is 0 Å². The molecule has 3 N–H and O–H groups in total. The van der Waals surface area contributed by atoms with Crippen molar-refractivity contribution in [1.29, 1.82) is 0 Å². The molecule has 0 aromatic carbocycles. The van der Waals surface area contributed by atoms with Crippen LogP contribution in [0.25, 0.3) is 0 Å². The van der Waals surface area contributed by atoms with Gasteiger partial charge in [0, 0.05) is 0 Å². The number of esters is 1. The van der Waals surface area contributed by atoms with Gasteiger partial charge < -0.3 is 19.9 Å². The van der Waals surface area contributed by atoms with E-state index < -0.39 is 17.5 Å². The van der Waals surface area contributed by atoms with Gasteiger partial charge in [-0.1, -0.05) is 0 Å². The van der Waals surface area contributed by atoms with Gasteiger partial charge in [-0.15, -0.1) is 0 Å². The second-order valence-electron chi connectivity index (χ2n) is 6.96. The Morgan fingerprint density at radius 3 is 2.59 bits per heavy atom. The number of aliphatic hydroxyl groups is 1. The Bertz CT molecular complexity index is 624. The van der Waals surface area contributed by atoms with Crippen LogP contribution in [0.15, 0.2) is 6.33 Å². The maximum Gasteiger partial charge on any atom is 0.357 e. The summed E-state index contributed by atoms with van der Waals surface area (Å²) >= 11 is 0. The third kappa shape index (κ3) is 1.95. The lowest BCUT2D eigenvalue weighted by Crippen LogP contribution is -2.58. The summed E-state index contributed by atoms with van der Waals surface area (Å²) in [5.41, 5.74) is -0.966. The first kappa shape index (κ1) is 13.8. The molecule has 1 heterocycles. The van der Waals surface area contributed by atoms with Gasteiger partial charge in [0.1, 0.15) is 5.60 Å². The van der Waals surface area contributed by atoms with Crippen molar-refractivity contribution in [3.05, 3.63) is 17.7 Å². The molecule has 4 bridgehead atoms. The zero-order valence-corrected chi connectivity index (χ0v) is 12.0. The Hall–Kier alpha value is -1.89. The highest BCUT2D eigenvalue weighted by molar-refractivity contribution is 5.99. The number of aromatic nitrogens is 2. The molecule has 4 aliphatic rings. The Kier molecular flexibility index (Phi) is 2.84. The van der Waals surface area contributed by atoms with Gasteiger partial charge in [0.05, 0.1) is 12.4 Å². The van der Waals surface area contributed by atoms with Gasteiger partial charge in [0.15, 0.2) is 11.4 Å². The molecule has 22 heavy (non-hydrogen) atoms. The van der Waals surface area contributed by atoms with E-state index >= 15 is 0 Å². The number of hydrogen-bond acceptors (Lipinski definition) is 5. The standard InChI is InChI=1S/C15H18N2O5/c18-12-8-1-7-2-9(12)5-15(3-7,4-8)22-14(21)11-10(13(19)20)16-6-17-11/h6-9,12,18H,1-5H2,(H,16,17)(H,19,20). The quantitative estimate of drug-likeness (QED) is 0.723. The molecule has 1 aromatic rings. The fraction of sp³-hybridized carbons (Fsp3) is 0.667. The van der Waals surface area contributed by atoms with E-state index in [4.69, 9.17) is 9.84 Å². The first-order valence-corrected chi connectivity index (χ1v) is 7.65. The van der Waals surface area contributed by atoms with Crippen LogP contribution in [-0.2, 0) is 4.74 Å². The smallest absolute Gasteiger partial charge is 0.357 e. The molecule has 7 nitrogen and oxygen atoms in total. The average Bonchev–Trinajstić information content (AvgIpc) is 2.93. The monoisotopic (exact) mass is 306 g/mol. The zero-order valence-electron chi connectivity index (χ0n) is 12.0. The lowest BCUT2D eigenvalue weighted by Gasteiger charge is -2.57. The molecule has 0 radical (unpaired) electrons. The number of nitrogens with zero attached hydrogens (tertiary/aromatic N) is 1. The van der Waals surface area contributed by atoms with Crippen LogP contribution in [0.5, 0.6) is 0 Å². The minimum absolute atomic E-state index is 0.108. The van der Waals surface area contributed by atoms with Crippen LogP contribution in [0.4, 0.5) is 0 Å². The lowest BCUT2D eigenvalue weighted by atomic mass is 9.53. The van der Waals surface area contributed by atoms with E-state index in [1.54, 1.807) is 0 Å². The predicted octanol–water partition coefficient (Wildman–Crippen LogP) is 1.20. The van der Waals surface area contributed by atoms with Gasteiger partial charge >= 0.3 is 11.9 Å². The third-order valence-electron chi connectivity index (χ3n) is 5.52. The molecule has 2 unspecified atom stereocenters. The summed E-state index contributed by atoms with van der Waals surface area (Å²) < 4.78 is 5.75.